The van der Waals surface area contributed by atoms with Gasteiger partial charge in [0.1, 0.15) is 0 Å². The van der Waals surface area contributed by atoms with E-state index in [0.29, 0.717) is 18.6 Å². The molecule has 0 atom stereocenters. The van der Waals surface area contributed by atoms with Crippen LogP contribution in [-0.2, 0) is 11.3 Å². The molecule has 0 N–H and O–H groups in total. The van der Waals surface area contributed by atoms with Crippen LogP contribution >= 0.6 is 0 Å². The Labute approximate surface area is 134 Å². The first-order valence-electron chi connectivity index (χ1n) is 8.22. The molecule has 0 spiro atoms. The minimum atomic E-state index is -0.185. The van der Waals surface area contributed by atoms with E-state index in [9.17, 15) is 4.79 Å². The summed E-state index contributed by atoms with van der Waals surface area (Å²) < 4.78 is 5.31. The number of amides is 1. The molecular weight excluding hydrogens is 276 g/mol. The maximum absolute atomic E-state index is 12.0. The summed E-state index contributed by atoms with van der Waals surface area (Å²) in [5, 5.41) is 0. The second-order valence-electron chi connectivity index (χ2n) is 6.57. The van der Waals surface area contributed by atoms with E-state index in [-0.39, 0.29) is 6.09 Å². The first-order chi connectivity index (χ1) is 10.6. The molecule has 2 rings (SSSR count). The summed E-state index contributed by atoms with van der Waals surface area (Å²) in [5.74, 6) is 0.380. The summed E-state index contributed by atoms with van der Waals surface area (Å²) >= 11 is 0. The van der Waals surface area contributed by atoms with Crippen LogP contribution in [0.2, 0.25) is 0 Å². The number of ether oxygens (including phenoxy) is 1. The minimum Gasteiger partial charge on any atom is -0.449 e. The van der Waals surface area contributed by atoms with Crippen molar-refractivity contribution in [1.29, 1.82) is 0 Å². The molecule has 4 nitrogen and oxygen atoms in total. The SMILES string of the molecule is CC(C)COC(=O)N(C)C1CCN(Cc2ccccc2)CC1. The summed E-state index contributed by atoms with van der Waals surface area (Å²) in [6.45, 7) is 7.65. The molecular formula is C18H28N2O2. The lowest BCUT2D eigenvalue weighted by atomic mass is 10.0. The number of hydrogen-bond donors (Lipinski definition) is 0. The maximum atomic E-state index is 12.0. The zero-order valence-electron chi connectivity index (χ0n) is 14.0. The summed E-state index contributed by atoms with van der Waals surface area (Å²) in [6.07, 6.45) is 1.84. The normalized spacial score (nSPS) is 16.7. The van der Waals surface area contributed by atoms with Crippen molar-refractivity contribution in [2.24, 2.45) is 5.92 Å². The van der Waals surface area contributed by atoms with Crippen LogP contribution in [0.4, 0.5) is 4.79 Å². The molecule has 122 valence electrons. The van der Waals surface area contributed by atoms with Crippen molar-refractivity contribution in [3.8, 4) is 0 Å². The molecule has 4 heteroatoms. The highest BCUT2D eigenvalue weighted by Gasteiger charge is 2.26. The van der Waals surface area contributed by atoms with E-state index in [0.717, 1.165) is 32.5 Å². The Morgan fingerprint density at radius 3 is 2.50 bits per heavy atom. The molecule has 1 saturated heterocycles. The van der Waals surface area contributed by atoms with Crippen molar-refractivity contribution >= 4 is 6.09 Å². The van der Waals surface area contributed by atoms with Crippen LogP contribution in [0.3, 0.4) is 0 Å². The summed E-state index contributed by atoms with van der Waals surface area (Å²) in [4.78, 5) is 16.2. The van der Waals surface area contributed by atoms with Crippen LogP contribution in [0.1, 0.15) is 32.3 Å². The molecule has 22 heavy (non-hydrogen) atoms. The van der Waals surface area contributed by atoms with Crippen molar-refractivity contribution in [3.05, 3.63) is 35.9 Å². The number of rotatable bonds is 5. The number of hydrogen-bond acceptors (Lipinski definition) is 3. The smallest absolute Gasteiger partial charge is 0.409 e. The quantitative estimate of drug-likeness (QED) is 0.836. The monoisotopic (exact) mass is 304 g/mol. The first-order valence-corrected chi connectivity index (χ1v) is 8.22. The summed E-state index contributed by atoms with van der Waals surface area (Å²) in [5.41, 5.74) is 1.35. The second kappa shape index (κ2) is 8.18. The Balaban J connectivity index is 1.75. The fraction of sp³-hybridized carbons (Fsp3) is 0.611. The van der Waals surface area contributed by atoms with Gasteiger partial charge in [-0.05, 0) is 24.3 Å². The highest BCUT2D eigenvalue weighted by Crippen LogP contribution is 2.18. The molecule has 1 fully saturated rings. The molecule has 0 aliphatic carbocycles. The van der Waals surface area contributed by atoms with Gasteiger partial charge >= 0.3 is 6.09 Å². The Morgan fingerprint density at radius 2 is 1.91 bits per heavy atom. The van der Waals surface area contributed by atoms with Crippen molar-refractivity contribution in [2.75, 3.05) is 26.7 Å². The Morgan fingerprint density at radius 1 is 1.27 bits per heavy atom. The van der Waals surface area contributed by atoms with Crippen LogP contribution < -0.4 is 0 Å². The topological polar surface area (TPSA) is 32.8 Å². The van der Waals surface area contributed by atoms with Gasteiger partial charge in [0.15, 0.2) is 0 Å². The Kier molecular flexibility index (Phi) is 6.25. The molecule has 1 aromatic rings. The van der Waals surface area contributed by atoms with Crippen LogP contribution in [-0.4, -0.2) is 48.7 Å². The third-order valence-corrected chi connectivity index (χ3v) is 4.18. The lowest BCUT2D eigenvalue weighted by molar-refractivity contribution is 0.0688. The average Bonchev–Trinajstić information content (AvgIpc) is 2.53. The van der Waals surface area contributed by atoms with Gasteiger partial charge in [0.25, 0.3) is 0 Å². The second-order valence-corrected chi connectivity index (χ2v) is 6.57. The molecule has 1 aliphatic heterocycles. The number of piperidine rings is 1. The van der Waals surface area contributed by atoms with E-state index in [2.05, 4.69) is 43.0 Å². The maximum Gasteiger partial charge on any atom is 0.409 e. The molecule has 0 saturated carbocycles. The molecule has 1 aliphatic rings. The van der Waals surface area contributed by atoms with Crippen LogP contribution in [0.15, 0.2) is 30.3 Å². The van der Waals surface area contributed by atoms with Crippen LogP contribution in [0, 0.1) is 5.92 Å². The predicted octanol–water partition coefficient (Wildman–Crippen LogP) is 3.38. The van der Waals surface area contributed by atoms with E-state index in [4.69, 9.17) is 4.74 Å². The van der Waals surface area contributed by atoms with Crippen LogP contribution in [0.5, 0.6) is 0 Å². The van der Waals surface area contributed by atoms with E-state index >= 15 is 0 Å². The zero-order chi connectivity index (χ0) is 15.9. The fourth-order valence-corrected chi connectivity index (χ4v) is 2.80. The standard InChI is InChI=1S/C18H28N2O2/c1-15(2)14-22-18(21)19(3)17-9-11-20(12-10-17)13-16-7-5-4-6-8-16/h4-8,15,17H,9-14H2,1-3H3. The van der Waals surface area contributed by atoms with Gasteiger partial charge in [-0.25, -0.2) is 4.79 Å². The van der Waals surface area contributed by atoms with Crippen molar-refractivity contribution in [2.45, 2.75) is 39.3 Å². The van der Waals surface area contributed by atoms with E-state index < -0.39 is 0 Å². The summed E-state index contributed by atoms with van der Waals surface area (Å²) in [6, 6.07) is 10.9. The van der Waals surface area contributed by atoms with Crippen molar-refractivity contribution in [3.63, 3.8) is 0 Å². The number of likely N-dealkylation sites (tertiary alicyclic amines) is 1. The minimum absolute atomic E-state index is 0.185. The lowest BCUT2D eigenvalue weighted by Gasteiger charge is -2.36. The van der Waals surface area contributed by atoms with E-state index in [1.54, 1.807) is 4.90 Å². The first kappa shape index (κ1) is 16.8. The van der Waals surface area contributed by atoms with Gasteiger partial charge < -0.3 is 9.64 Å². The summed E-state index contributed by atoms with van der Waals surface area (Å²) in [7, 11) is 1.86. The Hall–Kier alpha value is -1.55. The molecule has 1 aromatic carbocycles. The third-order valence-electron chi connectivity index (χ3n) is 4.18. The highest BCUT2D eigenvalue weighted by atomic mass is 16.6. The van der Waals surface area contributed by atoms with Gasteiger partial charge in [-0.1, -0.05) is 44.2 Å². The van der Waals surface area contributed by atoms with Gasteiger partial charge in [0.05, 0.1) is 6.61 Å². The van der Waals surface area contributed by atoms with Crippen LogP contribution in [0.25, 0.3) is 0 Å². The number of nitrogens with zero attached hydrogens (tertiary/aromatic N) is 2. The lowest BCUT2D eigenvalue weighted by Crippen LogP contribution is -2.45. The molecule has 0 unspecified atom stereocenters. The molecule has 0 radical (unpaired) electrons. The molecule has 0 bridgehead atoms. The predicted molar refractivity (Wildman–Crippen MR) is 88.7 cm³/mol. The zero-order valence-corrected chi connectivity index (χ0v) is 14.0. The van der Waals surface area contributed by atoms with Gasteiger partial charge in [0.2, 0.25) is 0 Å². The van der Waals surface area contributed by atoms with Crippen molar-refractivity contribution < 1.29 is 9.53 Å². The fourth-order valence-electron chi connectivity index (χ4n) is 2.80. The average molecular weight is 304 g/mol. The molecule has 1 amide bonds. The van der Waals surface area contributed by atoms with Crippen molar-refractivity contribution in [1.82, 2.24) is 9.80 Å². The highest BCUT2D eigenvalue weighted by molar-refractivity contribution is 5.67. The number of benzene rings is 1. The van der Waals surface area contributed by atoms with E-state index in [1.165, 1.54) is 5.56 Å². The largest absolute Gasteiger partial charge is 0.449 e. The van der Waals surface area contributed by atoms with E-state index in [1.807, 2.05) is 13.1 Å². The third kappa shape index (κ3) is 5.02. The van der Waals surface area contributed by atoms with Gasteiger partial charge in [-0.15, -0.1) is 0 Å². The van der Waals surface area contributed by atoms with Gasteiger partial charge in [-0.2, -0.15) is 0 Å². The van der Waals surface area contributed by atoms with Gasteiger partial charge in [-0.3, -0.25) is 4.90 Å². The molecule has 0 aromatic heterocycles. The number of carbonyl (C=O) groups excluding carboxylic acids is 1. The molecule has 1 heterocycles. The van der Waals surface area contributed by atoms with Gasteiger partial charge in [0, 0.05) is 32.7 Å². The Bertz CT molecular complexity index is 453. The number of carbonyl (C=O) groups is 1.